The molecule has 0 saturated carbocycles. The highest BCUT2D eigenvalue weighted by Gasteiger charge is 2.15. The summed E-state index contributed by atoms with van der Waals surface area (Å²) >= 11 is 1.05. The number of nitrogens with zero attached hydrogens (tertiary/aromatic N) is 3. The monoisotopic (exact) mass is 267 g/mol. The molecule has 0 aliphatic carbocycles. The van der Waals surface area contributed by atoms with Crippen LogP contribution in [0.25, 0.3) is 10.2 Å². The van der Waals surface area contributed by atoms with Gasteiger partial charge in [0.05, 0.1) is 10.3 Å². The van der Waals surface area contributed by atoms with Crippen LogP contribution in [0.5, 0.6) is 0 Å². The first kappa shape index (κ1) is 12.7. The molecule has 2 heterocycles. The van der Waals surface area contributed by atoms with Crippen molar-refractivity contribution in [2.45, 2.75) is 13.0 Å². The lowest BCUT2D eigenvalue weighted by molar-refractivity contribution is -0.380. The number of anilines is 1. The van der Waals surface area contributed by atoms with E-state index in [9.17, 15) is 10.1 Å². The summed E-state index contributed by atoms with van der Waals surface area (Å²) in [5.41, 5.74) is 0. The third-order valence-electron chi connectivity index (χ3n) is 2.56. The van der Waals surface area contributed by atoms with E-state index in [1.807, 2.05) is 14.0 Å². The highest BCUT2D eigenvalue weighted by Crippen LogP contribution is 2.32. The van der Waals surface area contributed by atoms with Crippen molar-refractivity contribution in [2.75, 3.05) is 18.9 Å². The van der Waals surface area contributed by atoms with E-state index < -0.39 is 4.92 Å². The molecule has 8 heteroatoms. The van der Waals surface area contributed by atoms with Crippen molar-refractivity contribution in [3.63, 3.8) is 0 Å². The van der Waals surface area contributed by atoms with Gasteiger partial charge in [0.15, 0.2) is 0 Å². The van der Waals surface area contributed by atoms with E-state index in [1.54, 1.807) is 0 Å². The predicted octanol–water partition coefficient (Wildman–Crippen LogP) is 1.62. The Balaban J connectivity index is 2.30. The van der Waals surface area contributed by atoms with E-state index in [4.69, 9.17) is 0 Å². The van der Waals surface area contributed by atoms with Crippen LogP contribution in [-0.2, 0) is 0 Å². The molecule has 0 aliphatic rings. The molecule has 0 saturated heterocycles. The average molecular weight is 267 g/mol. The maximum atomic E-state index is 10.7. The topological polar surface area (TPSA) is 93.0 Å². The van der Waals surface area contributed by atoms with Crippen molar-refractivity contribution in [2.24, 2.45) is 0 Å². The standard InChI is InChI=1S/C10H13N5O2S/c1-6(11-2)4-12-9-7-3-8(15(16)17)18-10(7)14-5-13-9/h3,5-6,11H,4H2,1-2H3,(H,12,13,14). The molecule has 0 amide bonds. The maximum Gasteiger partial charge on any atom is 0.326 e. The zero-order chi connectivity index (χ0) is 13.1. The second-order valence-electron chi connectivity index (χ2n) is 3.85. The molecule has 18 heavy (non-hydrogen) atoms. The van der Waals surface area contributed by atoms with Gasteiger partial charge in [-0.25, -0.2) is 9.97 Å². The van der Waals surface area contributed by atoms with Crippen LogP contribution in [0, 0.1) is 10.1 Å². The zero-order valence-corrected chi connectivity index (χ0v) is 10.8. The zero-order valence-electron chi connectivity index (χ0n) is 10.0. The average Bonchev–Trinajstić information content (AvgIpc) is 2.80. The number of rotatable bonds is 5. The first-order valence-corrected chi connectivity index (χ1v) is 6.23. The molecule has 1 unspecified atom stereocenters. The summed E-state index contributed by atoms with van der Waals surface area (Å²) in [6.45, 7) is 2.72. The minimum atomic E-state index is -0.410. The molecule has 0 radical (unpaired) electrons. The van der Waals surface area contributed by atoms with Gasteiger partial charge in [-0.15, -0.1) is 0 Å². The van der Waals surface area contributed by atoms with Crippen LogP contribution in [0.1, 0.15) is 6.92 Å². The van der Waals surface area contributed by atoms with Gasteiger partial charge in [0, 0.05) is 18.7 Å². The molecular weight excluding hydrogens is 254 g/mol. The van der Waals surface area contributed by atoms with Gasteiger partial charge in [0.1, 0.15) is 17.0 Å². The Labute approximate surface area is 107 Å². The quantitative estimate of drug-likeness (QED) is 0.631. The molecule has 0 bridgehead atoms. The van der Waals surface area contributed by atoms with Gasteiger partial charge < -0.3 is 10.6 Å². The Morgan fingerprint density at radius 3 is 3.00 bits per heavy atom. The van der Waals surface area contributed by atoms with Crippen LogP contribution in [0.2, 0.25) is 0 Å². The highest BCUT2D eigenvalue weighted by molar-refractivity contribution is 7.21. The number of nitro groups is 1. The third-order valence-corrected chi connectivity index (χ3v) is 3.56. The number of thiophene rings is 1. The first-order valence-electron chi connectivity index (χ1n) is 5.42. The molecule has 2 aromatic rings. The lowest BCUT2D eigenvalue weighted by Gasteiger charge is -2.11. The number of nitrogens with one attached hydrogen (secondary N) is 2. The minimum Gasteiger partial charge on any atom is -0.368 e. The fourth-order valence-electron chi connectivity index (χ4n) is 1.43. The summed E-state index contributed by atoms with van der Waals surface area (Å²) in [5, 5.41) is 17.8. The molecule has 0 aliphatic heterocycles. The van der Waals surface area contributed by atoms with Gasteiger partial charge in [-0.1, -0.05) is 0 Å². The maximum absolute atomic E-state index is 10.7. The Morgan fingerprint density at radius 1 is 1.56 bits per heavy atom. The summed E-state index contributed by atoms with van der Waals surface area (Å²) < 4.78 is 0. The summed E-state index contributed by atoms with van der Waals surface area (Å²) in [6.07, 6.45) is 1.41. The van der Waals surface area contributed by atoms with Crippen molar-refractivity contribution in [1.82, 2.24) is 15.3 Å². The van der Waals surface area contributed by atoms with E-state index in [0.717, 1.165) is 11.3 Å². The Kier molecular flexibility index (Phi) is 3.68. The molecular formula is C10H13N5O2S. The molecule has 2 N–H and O–H groups in total. The van der Waals surface area contributed by atoms with Gasteiger partial charge in [-0.3, -0.25) is 10.1 Å². The molecule has 0 aromatic carbocycles. The molecule has 96 valence electrons. The van der Waals surface area contributed by atoms with Gasteiger partial charge in [-0.2, -0.15) is 0 Å². The predicted molar refractivity (Wildman–Crippen MR) is 71.1 cm³/mol. The number of likely N-dealkylation sites (N-methyl/N-ethyl adjacent to an activating group) is 1. The number of hydrogen-bond donors (Lipinski definition) is 2. The summed E-state index contributed by atoms with van der Waals surface area (Å²) in [4.78, 5) is 19.1. The van der Waals surface area contributed by atoms with Crippen molar-refractivity contribution >= 4 is 32.4 Å². The first-order chi connectivity index (χ1) is 8.61. The van der Waals surface area contributed by atoms with E-state index >= 15 is 0 Å². The van der Waals surface area contributed by atoms with E-state index in [-0.39, 0.29) is 11.0 Å². The second kappa shape index (κ2) is 5.23. The third kappa shape index (κ3) is 2.54. The van der Waals surface area contributed by atoms with Gasteiger partial charge in [0.25, 0.3) is 0 Å². The number of hydrogen-bond acceptors (Lipinski definition) is 7. The highest BCUT2D eigenvalue weighted by atomic mass is 32.1. The largest absolute Gasteiger partial charge is 0.368 e. The van der Waals surface area contributed by atoms with Gasteiger partial charge >= 0.3 is 5.00 Å². The van der Waals surface area contributed by atoms with Crippen molar-refractivity contribution < 1.29 is 4.92 Å². The Hall–Kier alpha value is -1.80. The Morgan fingerprint density at radius 2 is 2.33 bits per heavy atom. The summed E-state index contributed by atoms with van der Waals surface area (Å²) in [6, 6.07) is 1.79. The van der Waals surface area contributed by atoms with Crippen molar-refractivity contribution in [1.29, 1.82) is 0 Å². The Bertz CT molecular complexity index is 570. The molecule has 0 spiro atoms. The van der Waals surface area contributed by atoms with Crippen LogP contribution in [0.4, 0.5) is 10.8 Å². The van der Waals surface area contributed by atoms with Crippen LogP contribution in [0.3, 0.4) is 0 Å². The second-order valence-corrected chi connectivity index (χ2v) is 4.86. The minimum absolute atomic E-state index is 0.0789. The number of fused-ring (bicyclic) bond motifs is 1. The fourth-order valence-corrected chi connectivity index (χ4v) is 2.24. The molecule has 2 rings (SSSR count). The lowest BCUT2D eigenvalue weighted by Crippen LogP contribution is -2.29. The van der Waals surface area contributed by atoms with Crippen LogP contribution in [0.15, 0.2) is 12.4 Å². The summed E-state index contributed by atoms with van der Waals surface area (Å²) in [7, 11) is 1.87. The van der Waals surface area contributed by atoms with Crippen molar-refractivity contribution in [3.05, 3.63) is 22.5 Å². The van der Waals surface area contributed by atoms with Crippen LogP contribution in [-0.4, -0.2) is 34.5 Å². The SMILES string of the molecule is CNC(C)CNc1ncnc2sc([N+](=O)[O-])cc12. The lowest BCUT2D eigenvalue weighted by atomic mass is 10.3. The smallest absolute Gasteiger partial charge is 0.326 e. The number of aromatic nitrogens is 2. The van der Waals surface area contributed by atoms with Crippen LogP contribution < -0.4 is 10.6 Å². The van der Waals surface area contributed by atoms with Crippen LogP contribution >= 0.6 is 11.3 Å². The van der Waals surface area contributed by atoms with Crippen molar-refractivity contribution in [3.8, 4) is 0 Å². The van der Waals surface area contributed by atoms with E-state index in [1.165, 1.54) is 12.4 Å². The molecule has 2 aromatic heterocycles. The molecule has 7 nitrogen and oxygen atoms in total. The fraction of sp³-hybridized carbons (Fsp3) is 0.400. The summed E-state index contributed by atoms with van der Waals surface area (Å²) in [5.74, 6) is 0.631. The van der Waals surface area contributed by atoms with E-state index in [2.05, 4.69) is 20.6 Å². The molecule has 0 fully saturated rings. The molecule has 1 atom stereocenters. The van der Waals surface area contributed by atoms with Gasteiger partial charge in [0.2, 0.25) is 0 Å². The van der Waals surface area contributed by atoms with E-state index in [0.29, 0.717) is 22.6 Å². The van der Waals surface area contributed by atoms with Gasteiger partial charge in [-0.05, 0) is 25.3 Å². The normalized spacial score (nSPS) is 12.6.